The lowest BCUT2D eigenvalue weighted by Gasteiger charge is -2.13. The molecule has 0 aliphatic carbocycles. The summed E-state index contributed by atoms with van der Waals surface area (Å²) in [5.74, 6) is 4.75. The van der Waals surface area contributed by atoms with Crippen molar-refractivity contribution in [1.82, 2.24) is 10.3 Å². The van der Waals surface area contributed by atoms with Crippen LogP contribution in [0.3, 0.4) is 0 Å². The molecular weight excluding hydrogens is 292 g/mol. The number of aromatic nitrogens is 1. The summed E-state index contributed by atoms with van der Waals surface area (Å²) in [5, 5.41) is 2.67. The molecule has 7 nitrogen and oxygen atoms in total. The Labute approximate surface area is 116 Å². The number of carbonyl (C=O) groups is 1. The van der Waals surface area contributed by atoms with Gasteiger partial charge in [-0.05, 0) is 19.1 Å². The van der Waals surface area contributed by atoms with Crippen LogP contribution in [0.4, 0.5) is 5.82 Å². The van der Waals surface area contributed by atoms with Crippen molar-refractivity contribution in [2.75, 3.05) is 17.4 Å². The van der Waals surface area contributed by atoms with Gasteiger partial charge in [-0.1, -0.05) is 11.6 Å². The molecule has 0 aliphatic heterocycles. The molecule has 9 heteroatoms. The normalized spacial score (nSPS) is 12.8. The van der Waals surface area contributed by atoms with Crippen LogP contribution in [-0.4, -0.2) is 37.4 Å². The third-order valence-electron chi connectivity index (χ3n) is 2.14. The topological polar surface area (TPSA) is 114 Å². The van der Waals surface area contributed by atoms with Crippen LogP contribution in [0.1, 0.15) is 17.4 Å². The first-order valence-corrected chi connectivity index (χ1v) is 7.78. The Morgan fingerprint density at radius 2 is 2.16 bits per heavy atom. The number of nitrogens with one attached hydrogen (secondary N) is 2. The summed E-state index contributed by atoms with van der Waals surface area (Å²) >= 11 is 5.85. The van der Waals surface area contributed by atoms with Crippen LogP contribution in [0, 0.1) is 0 Å². The number of sulfone groups is 1. The van der Waals surface area contributed by atoms with Crippen LogP contribution >= 0.6 is 11.6 Å². The summed E-state index contributed by atoms with van der Waals surface area (Å²) < 4.78 is 22.2. The van der Waals surface area contributed by atoms with Gasteiger partial charge in [0.05, 0.1) is 10.8 Å². The van der Waals surface area contributed by atoms with E-state index in [2.05, 4.69) is 15.7 Å². The lowest BCUT2D eigenvalue weighted by atomic mass is 10.3. The fraction of sp³-hybridized carbons (Fsp3) is 0.400. The first-order valence-electron chi connectivity index (χ1n) is 5.34. The van der Waals surface area contributed by atoms with Crippen LogP contribution < -0.4 is 16.6 Å². The zero-order valence-corrected chi connectivity index (χ0v) is 12.0. The average Bonchev–Trinajstić information content (AvgIpc) is 2.26. The smallest absolute Gasteiger partial charge is 0.271 e. The summed E-state index contributed by atoms with van der Waals surface area (Å²) in [6, 6.07) is 2.44. The number of nitrogen functional groups attached to an aromatic ring is 1. The van der Waals surface area contributed by atoms with E-state index < -0.39 is 21.8 Å². The van der Waals surface area contributed by atoms with E-state index in [1.165, 1.54) is 12.1 Å². The molecule has 1 unspecified atom stereocenters. The number of pyridine rings is 1. The highest BCUT2D eigenvalue weighted by molar-refractivity contribution is 7.90. The molecule has 19 heavy (non-hydrogen) atoms. The predicted octanol–water partition coefficient (Wildman–Crippen LogP) is 0.183. The molecule has 4 N–H and O–H groups in total. The molecule has 0 saturated heterocycles. The maximum absolute atomic E-state index is 11.9. The number of nitrogens with zero attached hydrogens (tertiary/aromatic N) is 1. The lowest BCUT2D eigenvalue weighted by Crippen LogP contribution is -2.38. The van der Waals surface area contributed by atoms with Crippen LogP contribution in [0.5, 0.6) is 0 Å². The number of nitrogens with two attached hydrogens (primary N) is 1. The van der Waals surface area contributed by atoms with E-state index in [1.54, 1.807) is 6.92 Å². The minimum Gasteiger partial charge on any atom is -0.347 e. The van der Waals surface area contributed by atoms with Crippen LogP contribution in [-0.2, 0) is 9.84 Å². The van der Waals surface area contributed by atoms with Crippen molar-refractivity contribution in [2.45, 2.75) is 13.0 Å². The minimum atomic E-state index is -3.17. The first-order chi connectivity index (χ1) is 8.73. The lowest BCUT2D eigenvalue weighted by molar-refractivity contribution is 0.0939. The van der Waals surface area contributed by atoms with Crippen LogP contribution in [0.15, 0.2) is 12.1 Å². The number of halogens is 1. The Kier molecular flexibility index (Phi) is 5.10. The zero-order chi connectivity index (χ0) is 14.6. The Morgan fingerprint density at radius 1 is 1.53 bits per heavy atom. The quantitative estimate of drug-likeness (QED) is 0.528. The summed E-state index contributed by atoms with van der Waals surface area (Å²) in [4.78, 5) is 15.8. The Balaban J connectivity index is 2.83. The second-order valence-electron chi connectivity index (χ2n) is 4.14. The van der Waals surface area contributed by atoms with Gasteiger partial charge in [0.25, 0.3) is 5.91 Å². The number of carbonyl (C=O) groups excluding carboxylic acids is 1. The standard InChI is InChI=1S/C10H15ClN4O3S/c1-6(5-19(2,17)18)13-10(16)9-7(11)3-4-8(14-9)15-12/h3-4,6H,5,12H2,1-2H3,(H,13,16)(H,14,15). The average molecular weight is 307 g/mol. The van der Waals surface area contributed by atoms with Crippen LogP contribution in [0.2, 0.25) is 5.02 Å². The molecule has 1 atom stereocenters. The molecule has 0 spiro atoms. The van der Waals surface area contributed by atoms with Crippen molar-refractivity contribution in [1.29, 1.82) is 0 Å². The van der Waals surface area contributed by atoms with Gasteiger partial charge in [-0.15, -0.1) is 0 Å². The van der Waals surface area contributed by atoms with Gasteiger partial charge in [-0.25, -0.2) is 19.2 Å². The number of hydrazine groups is 1. The van der Waals surface area contributed by atoms with Crippen molar-refractivity contribution in [3.8, 4) is 0 Å². The second kappa shape index (κ2) is 6.18. The number of rotatable bonds is 5. The monoisotopic (exact) mass is 306 g/mol. The second-order valence-corrected chi connectivity index (χ2v) is 6.73. The number of hydrogen-bond acceptors (Lipinski definition) is 6. The van der Waals surface area contributed by atoms with Gasteiger partial charge >= 0.3 is 0 Å². The van der Waals surface area contributed by atoms with E-state index in [0.717, 1.165) is 6.26 Å². The number of amides is 1. The molecule has 106 valence electrons. The van der Waals surface area contributed by atoms with E-state index >= 15 is 0 Å². The van der Waals surface area contributed by atoms with Crippen molar-refractivity contribution in [3.63, 3.8) is 0 Å². The van der Waals surface area contributed by atoms with Gasteiger partial charge < -0.3 is 10.7 Å². The first kappa shape index (κ1) is 15.7. The Morgan fingerprint density at radius 3 is 2.68 bits per heavy atom. The molecule has 1 heterocycles. The summed E-state index contributed by atoms with van der Waals surface area (Å²) in [5.41, 5.74) is 2.28. The van der Waals surface area contributed by atoms with Gasteiger partial charge in [-0.3, -0.25) is 4.79 Å². The third-order valence-corrected chi connectivity index (χ3v) is 3.55. The maximum Gasteiger partial charge on any atom is 0.271 e. The summed E-state index contributed by atoms with van der Waals surface area (Å²) in [7, 11) is -3.17. The van der Waals surface area contributed by atoms with Crippen molar-refractivity contribution in [3.05, 3.63) is 22.8 Å². The molecule has 0 saturated carbocycles. The highest BCUT2D eigenvalue weighted by Gasteiger charge is 2.17. The molecule has 0 aromatic carbocycles. The number of anilines is 1. The molecule has 0 radical (unpaired) electrons. The van der Waals surface area contributed by atoms with E-state index in [0.29, 0.717) is 0 Å². The zero-order valence-electron chi connectivity index (χ0n) is 10.5. The third kappa shape index (κ3) is 5.01. The van der Waals surface area contributed by atoms with Crippen molar-refractivity contribution in [2.24, 2.45) is 5.84 Å². The van der Waals surface area contributed by atoms with E-state index in [1.807, 2.05) is 0 Å². The summed E-state index contributed by atoms with van der Waals surface area (Å²) in [6.45, 7) is 1.58. The molecule has 0 fully saturated rings. The van der Waals surface area contributed by atoms with Gasteiger partial charge in [0, 0.05) is 12.3 Å². The molecule has 1 aromatic rings. The fourth-order valence-corrected chi connectivity index (χ4v) is 2.65. The van der Waals surface area contributed by atoms with Crippen molar-refractivity contribution < 1.29 is 13.2 Å². The predicted molar refractivity (Wildman–Crippen MR) is 73.7 cm³/mol. The van der Waals surface area contributed by atoms with Gasteiger partial charge in [-0.2, -0.15) is 0 Å². The Bertz CT molecular complexity index is 576. The Hall–Kier alpha value is -1.38. The van der Waals surface area contributed by atoms with E-state index in [9.17, 15) is 13.2 Å². The maximum atomic E-state index is 11.9. The van der Waals surface area contributed by atoms with E-state index in [-0.39, 0.29) is 22.3 Å². The number of hydrogen-bond donors (Lipinski definition) is 3. The molecule has 1 rings (SSSR count). The molecule has 0 bridgehead atoms. The largest absolute Gasteiger partial charge is 0.347 e. The van der Waals surface area contributed by atoms with Gasteiger partial charge in [0.15, 0.2) is 0 Å². The summed E-state index contributed by atoms with van der Waals surface area (Å²) in [6.07, 6.45) is 1.10. The molecule has 0 aliphatic rings. The highest BCUT2D eigenvalue weighted by Crippen LogP contribution is 2.16. The minimum absolute atomic E-state index is 0.0162. The molecule has 1 amide bonds. The van der Waals surface area contributed by atoms with E-state index in [4.69, 9.17) is 17.4 Å². The SMILES string of the molecule is CC(CS(C)(=O)=O)NC(=O)c1nc(NN)ccc1Cl. The molecule has 1 aromatic heterocycles. The van der Waals surface area contributed by atoms with Gasteiger partial charge in [0.2, 0.25) is 0 Å². The van der Waals surface area contributed by atoms with Crippen LogP contribution in [0.25, 0.3) is 0 Å². The fourth-order valence-electron chi connectivity index (χ4n) is 1.47. The van der Waals surface area contributed by atoms with Crippen molar-refractivity contribution >= 4 is 33.2 Å². The van der Waals surface area contributed by atoms with Gasteiger partial charge in [0.1, 0.15) is 21.3 Å². The highest BCUT2D eigenvalue weighted by atomic mass is 35.5. The molecular formula is C10H15ClN4O3S.